The van der Waals surface area contributed by atoms with Gasteiger partial charge in [0.15, 0.2) is 0 Å². The van der Waals surface area contributed by atoms with E-state index in [-0.39, 0.29) is 30.5 Å². The van der Waals surface area contributed by atoms with Crippen LogP contribution >= 0.6 is 0 Å². The number of hydrogen-bond donors (Lipinski definition) is 1. The van der Waals surface area contributed by atoms with Crippen LogP contribution in [0, 0.1) is 0 Å². The minimum Gasteiger partial charge on any atom is -0.473 e. The highest BCUT2D eigenvalue weighted by Crippen LogP contribution is 2.21. The van der Waals surface area contributed by atoms with Gasteiger partial charge in [-0.05, 0) is 29.3 Å². The molecule has 0 bridgehead atoms. The van der Waals surface area contributed by atoms with Crippen molar-refractivity contribution in [3.05, 3.63) is 98.0 Å². The Kier molecular flexibility index (Phi) is 5.30. The van der Waals surface area contributed by atoms with Crippen LogP contribution in [0.5, 0.6) is 5.88 Å². The van der Waals surface area contributed by atoms with E-state index in [0.717, 1.165) is 15.7 Å². The molecule has 1 aromatic carbocycles. The van der Waals surface area contributed by atoms with E-state index >= 15 is 0 Å². The SMILES string of the molecule is Cn1c2c(c(=O)n(Cc3ccccc3)c1=O)C=C(C(=O)NCc1ccncc1)CO2. The van der Waals surface area contributed by atoms with Crippen molar-refractivity contribution < 1.29 is 9.53 Å². The molecule has 0 radical (unpaired) electrons. The highest BCUT2D eigenvalue weighted by molar-refractivity contribution is 5.98. The fraction of sp³-hybridized carbons (Fsp3) is 0.182. The van der Waals surface area contributed by atoms with Crippen molar-refractivity contribution in [3.63, 3.8) is 0 Å². The number of fused-ring (bicyclic) bond motifs is 1. The van der Waals surface area contributed by atoms with E-state index in [9.17, 15) is 14.4 Å². The van der Waals surface area contributed by atoms with E-state index in [1.54, 1.807) is 31.6 Å². The number of carbonyl (C=O) groups is 1. The molecule has 1 aliphatic heterocycles. The molecule has 0 aliphatic carbocycles. The summed E-state index contributed by atoms with van der Waals surface area (Å²) in [5.41, 5.74) is 1.28. The van der Waals surface area contributed by atoms with Crippen LogP contribution in [0.25, 0.3) is 6.08 Å². The molecular weight excluding hydrogens is 384 g/mol. The lowest BCUT2D eigenvalue weighted by molar-refractivity contribution is -0.117. The summed E-state index contributed by atoms with van der Waals surface area (Å²) in [7, 11) is 1.55. The first-order chi connectivity index (χ1) is 14.5. The summed E-state index contributed by atoms with van der Waals surface area (Å²) in [6, 6.07) is 12.9. The molecule has 0 unspecified atom stereocenters. The van der Waals surface area contributed by atoms with Gasteiger partial charge in [0.1, 0.15) is 12.2 Å². The van der Waals surface area contributed by atoms with Crippen LogP contribution in [-0.4, -0.2) is 26.6 Å². The number of hydrogen-bond acceptors (Lipinski definition) is 5. The Morgan fingerprint density at radius 2 is 1.83 bits per heavy atom. The largest absolute Gasteiger partial charge is 0.473 e. The zero-order valence-electron chi connectivity index (χ0n) is 16.4. The van der Waals surface area contributed by atoms with Gasteiger partial charge in [-0.15, -0.1) is 0 Å². The average molecular weight is 404 g/mol. The first kappa shape index (κ1) is 19.4. The second-order valence-electron chi connectivity index (χ2n) is 6.93. The molecule has 8 nitrogen and oxygen atoms in total. The van der Waals surface area contributed by atoms with E-state index in [1.807, 2.05) is 30.3 Å². The molecular formula is C22H20N4O4. The Labute approximate surface area is 172 Å². The molecule has 4 rings (SSSR count). The smallest absolute Gasteiger partial charge is 0.333 e. The third-order valence-corrected chi connectivity index (χ3v) is 4.89. The van der Waals surface area contributed by atoms with E-state index in [0.29, 0.717) is 12.1 Å². The molecule has 0 atom stereocenters. The van der Waals surface area contributed by atoms with Gasteiger partial charge in [0.25, 0.3) is 11.5 Å². The Morgan fingerprint density at radius 3 is 2.57 bits per heavy atom. The van der Waals surface area contributed by atoms with Crippen molar-refractivity contribution in [1.82, 2.24) is 19.4 Å². The number of nitrogens with one attached hydrogen (secondary N) is 1. The van der Waals surface area contributed by atoms with Gasteiger partial charge in [0.05, 0.1) is 12.1 Å². The maximum Gasteiger partial charge on any atom is 0.333 e. The summed E-state index contributed by atoms with van der Waals surface area (Å²) in [4.78, 5) is 42.2. The summed E-state index contributed by atoms with van der Waals surface area (Å²) in [5, 5.41) is 2.81. The van der Waals surface area contributed by atoms with Crippen LogP contribution in [0.15, 0.2) is 70.0 Å². The van der Waals surface area contributed by atoms with Crippen LogP contribution in [-0.2, 0) is 24.9 Å². The second-order valence-corrected chi connectivity index (χ2v) is 6.93. The van der Waals surface area contributed by atoms with Crippen molar-refractivity contribution in [2.24, 2.45) is 7.05 Å². The van der Waals surface area contributed by atoms with Crippen LogP contribution in [0.1, 0.15) is 16.7 Å². The molecule has 30 heavy (non-hydrogen) atoms. The third-order valence-electron chi connectivity index (χ3n) is 4.89. The summed E-state index contributed by atoms with van der Waals surface area (Å²) in [6.07, 6.45) is 4.80. The molecule has 2 aromatic heterocycles. The molecule has 0 spiro atoms. The summed E-state index contributed by atoms with van der Waals surface area (Å²) in [6.45, 7) is 0.443. The van der Waals surface area contributed by atoms with Gasteiger partial charge < -0.3 is 10.1 Å². The summed E-state index contributed by atoms with van der Waals surface area (Å²) < 4.78 is 8.06. The van der Waals surface area contributed by atoms with Crippen molar-refractivity contribution in [2.45, 2.75) is 13.1 Å². The molecule has 0 fully saturated rings. The standard InChI is InChI=1S/C22H20N4O4/c1-25-21-18(20(28)26(22(25)29)13-16-5-3-2-4-6-16)11-17(14-30-21)19(27)24-12-15-7-9-23-10-8-15/h2-11H,12-14H2,1H3,(H,24,27). The van der Waals surface area contributed by atoms with Crippen molar-refractivity contribution in [3.8, 4) is 5.88 Å². The number of ether oxygens (including phenoxy) is 1. The molecule has 0 saturated heterocycles. The van der Waals surface area contributed by atoms with Crippen LogP contribution in [0.3, 0.4) is 0 Å². The zero-order valence-corrected chi connectivity index (χ0v) is 16.4. The normalized spacial score (nSPS) is 12.5. The summed E-state index contributed by atoms with van der Waals surface area (Å²) in [5.74, 6) is -0.166. The van der Waals surface area contributed by atoms with Crippen LogP contribution < -0.4 is 21.3 Å². The van der Waals surface area contributed by atoms with Gasteiger partial charge in [0.2, 0.25) is 5.88 Å². The lowest BCUT2D eigenvalue weighted by Gasteiger charge is -2.21. The van der Waals surface area contributed by atoms with Crippen LogP contribution in [0.2, 0.25) is 0 Å². The number of pyridine rings is 1. The molecule has 3 heterocycles. The minimum atomic E-state index is -0.490. The predicted molar refractivity (Wildman–Crippen MR) is 111 cm³/mol. The van der Waals surface area contributed by atoms with Crippen LogP contribution in [0.4, 0.5) is 0 Å². The molecule has 8 heteroatoms. The number of nitrogens with zero attached hydrogens (tertiary/aromatic N) is 3. The monoisotopic (exact) mass is 404 g/mol. The molecule has 1 aliphatic rings. The van der Waals surface area contributed by atoms with Gasteiger partial charge in [-0.25, -0.2) is 4.79 Å². The number of aromatic nitrogens is 3. The van der Waals surface area contributed by atoms with Gasteiger partial charge in [-0.2, -0.15) is 0 Å². The first-order valence-electron chi connectivity index (χ1n) is 9.43. The van der Waals surface area contributed by atoms with Crippen molar-refractivity contribution in [2.75, 3.05) is 6.61 Å². The Balaban J connectivity index is 1.64. The molecule has 1 N–H and O–H groups in total. The maximum absolute atomic E-state index is 13.0. The molecule has 152 valence electrons. The lowest BCUT2D eigenvalue weighted by Crippen LogP contribution is -2.42. The van der Waals surface area contributed by atoms with Gasteiger partial charge in [-0.3, -0.25) is 23.7 Å². The quantitative estimate of drug-likeness (QED) is 0.687. The van der Waals surface area contributed by atoms with E-state index in [2.05, 4.69) is 10.3 Å². The third kappa shape index (κ3) is 3.80. The topological polar surface area (TPSA) is 95.2 Å². The number of benzene rings is 1. The molecule has 3 aromatic rings. The summed E-state index contributed by atoms with van der Waals surface area (Å²) >= 11 is 0. The van der Waals surface area contributed by atoms with Crippen molar-refractivity contribution >= 4 is 12.0 Å². The maximum atomic E-state index is 13.0. The number of rotatable bonds is 5. The fourth-order valence-corrected chi connectivity index (χ4v) is 3.27. The Bertz CT molecular complexity index is 1230. The zero-order chi connectivity index (χ0) is 21.1. The van der Waals surface area contributed by atoms with E-state index < -0.39 is 11.2 Å². The van der Waals surface area contributed by atoms with Gasteiger partial charge in [-0.1, -0.05) is 30.3 Å². The highest BCUT2D eigenvalue weighted by Gasteiger charge is 2.24. The second kappa shape index (κ2) is 8.20. The average Bonchev–Trinajstić information content (AvgIpc) is 2.80. The molecule has 1 amide bonds. The van der Waals surface area contributed by atoms with E-state index in [1.165, 1.54) is 10.6 Å². The fourth-order valence-electron chi connectivity index (χ4n) is 3.27. The first-order valence-corrected chi connectivity index (χ1v) is 9.43. The number of amides is 1. The lowest BCUT2D eigenvalue weighted by atomic mass is 10.1. The molecule has 0 saturated carbocycles. The predicted octanol–water partition coefficient (Wildman–Crippen LogP) is 1.08. The van der Waals surface area contributed by atoms with Gasteiger partial charge >= 0.3 is 5.69 Å². The Morgan fingerprint density at radius 1 is 1.10 bits per heavy atom. The Hall–Kier alpha value is -3.94. The van der Waals surface area contributed by atoms with Crippen molar-refractivity contribution in [1.29, 1.82) is 0 Å². The van der Waals surface area contributed by atoms with Gasteiger partial charge in [0, 0.05) is 26.0 Å². The number of carbonyl (C=O) groups excluding carboxylic acids is 1. The van der Waals surface area contributed by atoms with E-state index in [4.69, 9.17) is 4.74 Å². The minimum absolute atomic E-state index is 0.0232. The highest BCUT2D eigenvalue weighted by atomic mass is 16.5.